The maximum Gasteiger partial charge on any atom is 0.161 e. The second kappa shape index (κ2) is 6.96. The van der Waals surface area contributed by atoms with Crippen LogP contribution in [0.25, 0.3) is 0 Å². The van der Waals surface area contributed by atoms with Gasteiger partial charge < -0.3 is 19.5 Å². The molecule has 3 rings (SSSR count). The van der Waals surface area contributed by atoms with Crippen molar-refractivity contribution in [3.05, 3.63) is 51.6 Å². The van der Waals surface area contributed by atoms with Gasteiger partial charge in [0.15, 0.2) is 11.5 Å². The number of benzene rings is 2. The van der Waals surface area contributed by atoms with E-state index in [1.54, 1.807) is 21.3 Å². The first kappa shape index (κ1) is 17.6. The van der Waals surface area contributed by atoms with Crippen LogP contribution in [-0.4, -0.2) is 27.9 Å². The Morgan fingerprint density at radius 2 is 1.48 bits per heavy atom. The van der Waals surface area contributed by atoms with E-state index in [4.69, 9.17) is 14.2 Å². The molecule has 134 valence electrons. The summed E-state index contributed by atoms with van der Waals surface area (Å²) in [5.74, 6) is 2.51. The molecule has 1 aliphatic rings. The van der Waals surface area contributed by atoms with Gasteiger partial charge in [0.05, 0.1) is 27.4 Å². The summed E-state index contributed by atoms with van der Waals surface area (Å²) in [6.07, 6.45) is 0.986. The van der Waals surface area contributed by atoms with Crippen LogP contribution < -0.4 is 19.5 Å². The minimum Gasteiger partial charge on any atom is -0.496 e. The highest BCUT2D eigenvalue weighted by atomic mass is 16.5. The van der Waals surface area contributed by atoms with Gasteiger partial charge >= 0.3 is 0 Å². The second-order valence-corrected chi connectivity index (χ2v) is 6.60. The molecule has 0 fully saturated rings. The van der Waals surface area contributed by atoms with E-state index >= 15 is 0 Å². The third-order valence-electron chi connectivity index (χ3n) is 5.32. The fraction of sp³-hybridized carbons (Fsp3) is 0.429. The van der Waals surface area contributed by atoms with Gasteiger partial charge in [-0.15, -0.1) is 0 Å². The first-order valence-electron chi connectivity index (χ1n) is 8.64. The van der Waals surface area contributed by atoms with E-state index in [0.717, 1.165) is 30.2 Å². The lowest BCUT2D eigenvalue weighted by Gasteiger charge is -2.31. The van der Waals surface area contributed by atoms with Crippen LogP contribution in [-0.2, 0) is 6.42 Å². The standard InChI is InChI=1S/C21H27NO3/c1-12-9-17(23-4)13(2)14(3)20(12)21-16-11-19(25-6)18(24-5)10-15(16)7-8-22-21/h9-11,21-22H,7-8H2,1-6H3. The summed E-state index contributed by atoms with van der Waals surface area (Å²) in [7, 11) is 5.10. The molecule has 4 heteroatoms. The Balaban J connectivity index is 2.18. The average Bonchev–Trinajstić information content (AvgIpc) is 2.63. The van der Waals surface area contributed by atoms with Crippen molar-refractivity contribution in [1.82, 2.24) is 5.32 Å². The highest BCUT2D eigenvalue weighted by molar-refractivity contribution is 5.56. The summed E-state index contributed by atoms with van der Waals surface area (Å²) in [5, 5.41) is 3.69. The third-order valence-corrected chi connectivity index (χ3v) is 5.32. The van der Waals surface area contributed by atoms with Crippen LogP contribution in [0, 0.1) is 20.8 Å². The van der Waals surface area contributed by atoms with E-state index in [1.165, 1.54) is 33.4 Å². The molecule has 0 aromatic heterocycles. The van der Waals surface area contributed by atoms with Crippen molar-refractivity contribution in [1.29, 1.82) is 0 Å². The van der Waals surface area contributed by atoms with Crippen LogP contribution in [0.15, 0.2) is 18.2 Å². The van der Waals surface area contributed by atoms with Crippen LogP contribution >= 0.6 is 0 Å². The summed E-state index contributed by atoms with van der Waals surface area (Å²) in [4.78, 5) is 0. The Morgan fingerprint density at radius 3 is 2.12 bits per heavy atom. The first-order chi connectivity index (χ1) is 12.0. The SMILES string of the molecule is COc1cc2c(cc1OC)C(c1c(C)cc(OC)c(C)c1C)NCC2. The summed E-state index contributed by atoms with van der Waals surface area (Å²) in [5.41, 5.74) is 7.61. The predicted molar refractivity (Wildman–Crippen MR) is 100 cm³/mol. The van der Waals surface area contributed by atoms with Gasteiger partial charge in [0.1, 0.15) is 5.75 Å². The minimum atomic E-state index is 0.146. The number of aryl methyl sites for hydroxylation is 1. The summed E-state index contributed by atoms with van der Waals surface area (Å²) in [6, 6.07) is 6.51. The molecule has 1 atom stereocenters. The number of nitrogens with one attached hydrogen (secondary N) is 1. The van der Waals surface area contributed by atoms with Crippen molar-refractivity contribution in [3.63, 3.8) is 0 Å². The number of fused-ring (bicyclic) bond motifs is 1. The highest BCUT2D eigenvalue weighted by Crippen LogP contribution is 2.40. The van der Waals surface area contributed by atoms with Crippen LogP contribution in [0.5, 0.6) is 17.2 Å². The lowest BCUT2D eigenvalue weighted by Crippen LogP contribution is -2.32. The predicted octanol–water partition coefficient (Wildman–Crippen LogP) is 3.87. The van der Waals surface area contributed by atoms with Gasteiger partial charge in [-0.05, 0) is 78.8 Å². The highest BCUT2D eigenvalue weighted by Gasteiger charge is 2.27. The second-order valence-electron chi connectivity index (χ2n) is 6.60. The number of rotatable bonds is 4. The molecule has 0 aliphatic carbocycles. The summed E-state index contributed by atoms with van der Waals surface area (Å²) >= 11 is 0. The lowest BCUT2D eigenvalue weighted by atomic mass is 9.84. The Bertz CT molecular complexity index is 798. The van der Waals surface area contributed by atoms with Gasteiger partial charge in [0.2, 0.25) is 0 Å². The molecular formula is C21H27NO3. The first-order valence-corrected chi connectivity index (χ1v) is 8.64. The van der Waals surface area contributed by atoms with Crippen molar-refractivity contribution in [2.45, 2.75) is 33.2 Å². The zero-order valence-corrected chi connectivity index (χ0v) is 15.9. The summed E-state index contributed by atoms with van der Waals surface area (Å²) < 4.78 is 16.5. The van der Waals surface area contributed by atoms with Gasteiger partial charge in [-0.25, -0.2) is 0 Å². The van der Waals surface area contributed by atoms with Gasteiger partial charge in [0.25, 0.3) is 0 Å². The van der Waals surface area contributed by atoms with E-state index in [-0.39, 0.29) is 6.04 Å². The van der Waals surface area contributed by atoms with Crippen molar-refractivity contribution in [2.24, 2.45) is 0 Å². The normalized spacial score (nSPS) is 16.3. The monoisotopic (exact) mass is 341 g/mol. The fourth-order valence-electron chi connectivity index (χ4n) is 3.86. The topological polar surface area (TPSA) is 39.7 Å². The molecule has 1 aliphatic heterocycles. The van der Waals surface area contributed by atoms with Crippen LogP contribution in [0.2, 0.25) is 0 Å². The molecule has 0 bridgehead atoms. The van der Waals surface area contributed by atoms with Gasteiger partial charge in [-0.2, -0.15) is 0 Å². The molecule has 4 nitrogen and oxygen atoms in total. The number of methoxy groups -OCH3 is 3. The zero-order chi connectivity index (χ0) is 18.1. The van der Waals surface area contributed by atoms with Gasteiger partial charge in [0, 0.05) is 6.54 Å². The molecule has 0 saturated heterocycles. The van der Waals surface area contributed by atoms with Crippen LogP contribution in [0.4, 0.5) is 0 Å². The fourth-order valence-corrected chi connectivity index (χ4v) is 3.86. The van der Waals surface area contributed by atoms with Crippen LogP contribution in [0.1, 0.15) is 39.4 Å². The third kappa shape index (κ3) is 2.95. The van der Waals surface area contributed by atoms with Crippen molar-refractivity contribution in [2.75, 3.05) is 27.9 Å². The largest absolute Gasteiger partial charge is 0.496 e. The van der Waals surface area contributed by atoms with E-state index in [2.05, 4.69) is 44.3 Å². The Labute approximate surface area is 150 Å². The molecule has 0 radical (unpaired) electrons. The molecular weight excluding hydrogens is 314 g/mol. The molecule has 1 N–H and O–H groups in total. The van der Waals surface area contributed by atoms with Crippen molar-refractivity contribution < 1.29 is 14.2 Å². The van der Waals surface area contributed by atoms with Gasteiger partial charge in [-0.1, -0.05) is 0 Å². The molecule has 25 heavy (non-hydrogen) atoms. The molecule has 1 unspecified atom stereocenters. The quantitative estimate of drug-likeness (QED) is 0.916. The lowest BCUT2D eigenvalue weighted by molar-refractivity contribution is 0.353. The number of ether oxygens (including phenoxy) is 3. The molecule has 1 heterocycles. The average molecular weight is 341 g/mol. The van der Waals surface area contributed by atoms with E-state index in [0.29, 0.717) is 0 Å². The van der Waals surface area contributed by atoms with Crippen molar-refractivity contribution >= 4 is 0 Å². The van der Waals surface area contributed by atoms with E-state index in [9.17, 15) is 0 Å². The maximum atomic E-state index is 5.53. The Kier molecular flexibility index (Phi) is 4.91. The Morgan fingerprint density at radius 1 is 0.840 bits per heavy atom. The molecule has 0 saturated carbocycles. The van der Waals surface area contributed by atoms with Gasteiger partial charge in [-0.3, -0.25) is 0 Å². The van der Waals surface area contributed by atoms with E-state index < -0.39 is 0 Å². The molecule has 2 aromatic carbocycles. The number of hydrogen-bond donors (Lipinski definition) is 1. The zero-order valence-electron chi connectivity index (χ0n) is 15.9. The molecule has 0 amide bonds. The Hall–Kier alpha value is -2.20. The van der Waals surface area contributed by atoms with E-state index in [1.807, 2.05) is 0 Å². The molecule has 0 spiro atoms. The summed E-state index contributed by atoms with van der Waals surface area (Å²) in [6.45, 7) is 7.39. The maximum absolute atomic E-state index is 5.53. The molecule has 2 aromatic rings. The minimum absolute atomic E-state index is 0.146. The van der Waals surface area contributed by atoms with Crippen LogP contribution in [0.3, 0.4) is 0 Å². The number of hydrogen-bond acceptors (Lipinski definition) is 4. The smallest absolute Gasteiger partial charge is 0.161 e. The van der Waals surface area contributed by atoms with Crippen molar-refractivity contribution in [3.8, 4) is 17.2 Å².